The number of aromatic amines is 1. The zero-order valence-corrected chi connectivity index (χ0v) is 20.3. The van der Waals surface area contributed by atoms with Crippen LogP contribution in [0.1, 0.15) is 35.6 Å². The molecule has 0 fully saturated rings. The molecule has 0 amide bonds. The monoisotopic (exact) mass is 546 g/mol. The summed E-state index contributed by atoms with van der Waals surface area (Å²) >= 11 is 2.08. The van der Waals surface area contributed by atoms with E-state index in [0.29, 0.717) is 3.72 Å². The lowest BCUT2D eigenvalue weighted by atomic mass is 9.87. The molecule has 7 heteroatoms. The van der Waals surface area contributed by atoms with Gasteiger partial charge in [0.15, 0.2) is 0 Å². The number of hydrogen-bond donors (Lipinski definition) is 2. The van der Waals surface area contributed by atoms with Crippen molar-refractivity contribution in [1.29, 1.82) is 0 Å². The highest BCUT2D eigenvalue weighted by Gasteiger charge is 2.14. The van der Waals surface area contributed by atoms with Gasteiger partial charge in [0.1, 0.15) is 3.72 Å². The lowest BCUT2D eigenvalue weighted by Crippen LogP contribution is -1.95. The first-order valence-electron chi connectivity index (χ1n) is 10.5. The molecule has 3 aromatic carbocycles. The second-order valence-electron chi connectivity index (χ2n) is 7.33. The first kappa shape index (κ1) is 22.6. The van der Waals surface area contributed by atoms with Gasteiger partial charge in [-0.05, 0) is 85.8 Å². The van der Waals surface area contributed by atoms with Crippen LogP contribution in [-0.2, 0) is 0 Å². The van der Waals surface area contributed by atoms with Crippen molar-refractivity contribution < 1.29 is 0 Å². The van der Waals surface area contributed by atoms with Crippen molar-refractivity contribution in [2.75, 3.05) is 0 Å². The van der Waals surface area contributed by atoms with Crippen LogP contribution in [0.25, 0.3) is 28.1 Å². The number of halogens is 1. The van der Waals surface area contributed by atoms with Crippen molar-refractivity contribution in [3.8, 4) is 0 Å². The standard InChI is InChI=1S/C26H23IN6/c1-2-23(19-6-4-3-5-7-19)26(21-13-14-24-22(16-21)17-29-30-24)20-11-8-18(9-12-20)10-15-25(27)31-33-32-28/h3-17H,2H2,1H3,(H2,28,33)(H,29,30)/b15-10+,26-23+,31-25-. The molecule has 0 aliphatic carbocycles. The highest BCUT2D eigenvalue weighted by molar-refractivity contribution is 14.1. The van der Waals surface area contributed by atoms with E-state index in [0.717, 1.165) is 28.5 Å². The first-order chi connectivity index (χ1) is 16.2. The van der Waals surface area contributed by atoms with Gasteiger partial charge in [-0.1, -0.05) is 78.9 Å². The third-order valence-electron chi connectivity index (χ3n) is 5.31. The Morgan fingerprint density at radius 3 is 2.48 bits per heavy atom. The van der Waals surface area contributed by atoms with E-state index in [2.05, 4.69) is 128 Å². The Bertz CT molecular complexity index is 1350. The fraction of sp³-hybridized carbons (Fsp3) is 0.0769. The minimum absolute atomic E-state index is 0.692. The van der Waals surface area contributed by atoms with Crippen molar-refractivity contribution in [3.05, 3.63) is 107 Å². The zero-order chi connectivity index (χ0) is 23.0. The van der Waals surface area contributed by atoms with Gasteiger partial charge in [-0.2, -0.15) is 5.10 Å². The predicted molar refractivity (Wildman–Crippen MR) is 145 cm³/mol. The molecular formula is C26H23IN6. The number of aromatic nitrogens is 2. The molecule has 1 aromatic heterocycles. The number of allylic oxidation sites excluding steroid dienone is 2. The maximum atomic E-state index is 4.99. The Hall–Kier alpha value is -3.59. The highest BCUT2D eigenvalue weighted by Crippen LogP contribution is 2.35. The molecule has 4 aromatic rings. The van der Waals surface area contributed by atoms with Crippen LogP contribution in [0.15, 0.2) is 101 Å². The lowest BCUT2D eigenvalue weighted by molar-refractivity contribution is 0.961. The summed E-state index contributed by atoms with van der Waals surface area (Å²) < 4.78 is 0.692. The zero-order valence-electron chi connectivity index (χ0n) is 18.1. The molecule has 33 heavy (non-hydrogen) atoms. The quantitative estimate of drug-likeness (QED) is 0.0651. The number of H-pyrrole nitrogens is 1. The van der Waals surface area contributed by atoms with Crippen LogP contribution in [0.5, 0.6) is 0 Å². The average Bonchev–Trinajstić information content (AvgIpc) is 3.33. The molecule has 0 radical (unpaired) electrons. The molecule has 0 bridgehead atoms. The van der Waals surface area contributed by atoms with Gasteiger partial charge in [-0.3, -0.25) is 5.10 Å². The summed E-state index contributed by atoms with van der Waals surface area (Å²) in [4.78, 5) is 0. The van der Waals surface area contributed by atoms with Crippen molar-refractivity contribution in [2.45, 2.75) is 13.3 Å². The summed E-state index contributed by atoms with van der Waals surface area (Å²) in [7, 11) is 0. The molecule has 0 saturated carbocycles. The minimum atomic E-state index is 0.692. The number of benzene rings is 3. The molecule has 6 nitrogen and oxygen atoms in total. The van der Waals surface area contributed by atoms with Crippen molar-refractivity contribution >= 4 is 54.4 Å². The van der Waals surface area contributed by atoms with E-state index in [1.54, 1.807) is 0 Å². The molecular weight excluding hydrogens is 523 g/mol. The summed E-state index contributed by atoms with van der Waals surface area (Å²) in [5, 5.41) is 18.8. The van der Waals surface area contributed by atoms with E-state index in [4.69, 9.17) is 5.84 Å². The van der Waals surface area contributed by atoms with Crippen LogP contribution in [-0.4, -0.2) is 13.9 Å². The van der Waals surface area contributed by atoms with E-state index < -0.39 is 0 Å². The van der Waals surface area contributed by atoms with Gasteiger partial charge in [0.05, 0.1) is 11.7 Å². The number of nitrogens with zero attached hydrogens (tertiary/aromatic N) is 4. The summed E-state index contributed by atoms with van der Waals surface area (Å²) in [6.07, 6.45) is 6.63. The maximum absolute atomic E-state index is 4.99. The fourth-order valence-electron chi connectivity index (χ4n) is 3.81. The van der Waals surface area contributed by atoms with Gasteiger partial charge >= 0.3 is 0 Å². The Kier molecular flexibility index (Phi) is 7.41. The molecule has 164 valence electrons. The van der Waals surface area contributed by atoms with Crippen LogP contribution in [0.2, 0.25) is 0 Å². The van der Waals surface area contributed by atoms with Crippen LogP contribution in [0, 0.1) is 0 Å². The van der Waals surface area contributed by atoms with E-state index in [-0.39, 0.29) is 0 Å². The first-order valence-corrected chi connectivity index (χ1v) is 11.6. The lowest BCUT2D eigenvalue weighted by Gasteiger charge is -2.17. The fourth-order valence-corrected chi connectivity index (χ4v) is 4.08. The number of fused-ring (bicyclic) bond motifs is 1. The number of nitrogens with one attached hydrogen (secondary N) is 1. The van der Waals surface area contributed by atoms with Gasteiger partial charge in [0.25, 0.3) is 0 Å². The van der Waals surface area contributed by atoms with Crippen LogP contribution in [0.4, 0.5) is 0 Å². The van der Waals surface area contributed by atoms with Gasteiger partial charge < -0.3 is 5.84 Å². The Labute approximate surface area is 206 Å². The molecule has 3 N–H and O–H groups in total. The Morgan fingerprint density at radius 1 is 1.00 bits per heavy atom. The number of rotatable bonds is 7. The molecule has 1 heterocycles. The second kappa shape index (κ2) is 10.8. The third kappa shape index (κ3) is 5.43. The molecule has 4 rings (SSSR count). The average molecular weight is 546 g/mol. The van der Waals surface area contributed by atoms with Crippen LogP contribution >= 0.6 is 22.6 Å². The van der Waals surface area contributed by atoms with E-state index in [1.165, 1.54) is 22.3 Å². The van der Waals surface area contributed by atoms with Gasteiger partial charge in [-0.25, -0.2) is 0 Å². The largest absolute Gasteiger partial charge is 0.303 e. The molecule has 0 atom stereocenters. The molecule has 0 spiro atoms. The van der Waals surface area contributed by atoms with Crippen LogP contribution < -0.4 is 5.84 Å². The molecule has 0 aliphatic heterocycles. The highest BCUT2D eigenvalue weighted by atomic mass is 127. The summed E-state index contributed by atoms with van der Waals surface area (Å²) in [5.41, 5.74) is 8.18. The van der Waals surface area contributed by atoms with E-state index in [9.17, 15) is 0 Å². The molecule has 0 saturated heterocycles. The predicted octanol–water partition coefficient (Wildman–Crippen LogP) is 7.02. The van der Waals surface area contributed by atoms with E-state index in [1.807, 2.05) is 18.3 Å². The van der Waals surface area contributed by atoms with Gasteiger partial charge in [-0.15, -0.1) is 5.10 Å². The summed E-state index contributed by atoms with van der Waals surface area (Å²) in [6, 6.07) is 25.6. The number of hydrogen-bond acceptors (Lipinski definition) is 3. The Morgan fingerprint density at radius 2 is 1.76 bits per heavy atom. The number of nitrogens with two attached hydrogens (primary N) is 1. The van der Waals surface area contributed by atoms with Crippen LogP contribution in [0.3, 0.4) is 0 Å². The topological polar surface area (TPSA) is 91.8 Å². The van der Waals surface area contributed by atoms with Gasteiger partial charge in [0.2, 0.25) is 0 Å². The minimum Gasteiger partial charge on any atom is -0.303 e. The van der Waals surface area contributed by atoms with Crippen molar-refractivity contribution in [1.82, 2.24) is 10.2 Å². The molecule has 0 aliphatic rings. The second-order valence-corrected chi connectivity index (χ2v) is 8.43. The summed E-state index contributed by atoms with van der Waals surface area (Å²) in [6.45, 7) is 2.20. The molecule has 0 unspecified atom stereocenters. The maximum Gasteiger partial charge on any atom is 0.125 e. The third-order valence-corrected chi connectivity index (χ3v) is 5.89. The van der Waals surface area contributed by atoms with Crippen molar-refractivity contribution in [2.24, 2.45) is 21.4 Å². The van der Waals surface area contributed by atoms with Crippen molar-refractivity contribution in [3.63, 3.8) is 0 Å². The smallest absolute Gasteiger partial charge is 0.125 e. The Balaban J connectivity index is 1.80. The summed E-state index contributed by atoms with van der Waals surface area (Å²) in [5.74, 6) is 4.99. The SMILES string of the molecule is CC/C(=C(/c1ccc(/C=C/C(I)=N/N=NN)cc1)c1ccc2[nH]ncc2c1)c1ccccc1. The van der Waals surface area contributed by atoms with E-state index >= 15 is 0 Å². The normalized spacial score (nSPS) is 13.2. The van der Waals surface area contributed by atoms with Gasteiger partial charge in [0, 0.05) is 5.39 Å².